The topological polar surface area (TPSA) is 97.0 Å². The number of esters is 1. The first-order valence-corrected chi connectivity index (χ1v) is 9.18. The molecule has 1 atom stereocenters. The van der Waals surface area contributed by atoms with Crippen molar-refractivity contribution in [3.8, 4) is 11.8 Å². The first kappa shape index (κ1) is 21.3. The number of aromatic nitrogens is 6. The Labute approximate surface area is 180 Å². The van der Waals surface area contributed by atoms with E-state index in [1.807, 2.05) is 41.9 Å². The van der Waals surface area contributed by atoms with Crippen LogP contribution in [0.4, 0.5) is 0 Å². The highest BCUT2D eigenvalue weighted by atomic mass is 32.1. The Morgan fingerprint density at radius 3 is 2.60 bits per heavy atom. The molecule has 30 heavy (non-hydrogen) atoms. The normalized spacial score (nSPS) is 11.7. The van der Waals surface area contributed by atoms with E-state index < -0.39 is 5.97 Å². The molecule has 0 aliphatic carbocycles. The minimum absolute atomic E-state index is 0. The summed E-state index contributed by atoms with van der Waals surface area (Å²) in [6.45, 7) is 4.09. The highest BCUT2D eigenvalue weighted by Gasteiger charge is 2.20. The number of hydrogen-bond acceptors (Lipinski definition) is 7. The van der Waals surface area contributed by atoms with E-state index in [0.29, 0.717) is 29.1 Å². The molecule has 9 nitrogen and oxygen atoms in total. The Hall–Kier alpha value is -3.40. The average molecular weight is 427 g/mol. The summed E-state index contributed by atoms with van der Waals surface area (Å²) in [5.74, 6) is 0.201. The van der Waals surface area contributed by atoms with E-state index in [2.05, 4.69) is 20.2 Å². The molecule has 1 aromatic carbocycles. The number of fused-ring (bicyclic) bond motifs is 1. The fraction of sp³-hybridized carbons (Fsp3) is 0.250. The van der Waals surface area contributed by atoms with Crippen LogP contribution >= 0.6 is 13.5 Å². The summed E-state index contributed by atoms with van der Waals surface area (Å²) in [4.78, 5) is 20.9. The van der Waals surface area contributed by atoms with E-state index in [0.717, 1.165) is 5.56 Å². The molecule has 3 aromatic heterocycles. The Morgan fingerprint density at radius 1 is 1.13 bits per heavy atom. The van der Waals surface area contributed by atoms with Gasteiger partial charge in [-0.25, -0.2) is 14.5 Å². The van der Waals surface area contributed by atoms with E-state index in [1.54, 1.807) is 20.2 Å². The van der Waals surface area contributed by atoms with Crippen LogP contribution in [0, 0.1) is 0 Å². The molecular formula is C20H22N6O3S. The Kier molecular flexibility index (Phi) is 6.36. The smallest absolute Gasteiger partial charge is 0.341 e. The van der Waals surface area contributed by atoms with Crippen LogP contribution in [0.3, 0.4) is 0 Å². The Morgan fingerprint density at radius 2 is 1.90 bits per heavy atom. The molecule has 0 saturated carbocycles. The molecule has 0 aliphatic heterocycles. The predicted octanol–water partition coefficient (Wildman–Crippen LogP) is 2.92. The van der Waals surface area contributed by atoms with Gasteiger partial charge >= 0.3 is 5.97 Å². The number of benzene rings is 1. The minimum Gasteiger partial charge on any atom is -0.479 e. The predicted molar refractivity (Wildman–Crippen MR) is 116 cm³/mol. The molecule has 0 amide bonds. The van der Waals surface area contributed by atoms with Gasteiger partial charge in [0.15, 0.2) is 0 Å². The quantitative estimate of drug-likeness (QED) is 0.437. The Balaban J connectivity index is 0.00000256. The third-order valence-corrected chi connectivity index (χ3v) is 4.54. The van der Waals surface area contributed by atoms with Crippen LogP contribution in [0.15, 0.2) is 48.9 Å². The first-order chi connectivity index (χ1) is 14.1. The lowest BCUT2D eigenvalue weighted by molar-refractivity contribution is 0.0526. The van der Waals surface area contributed by atoms with Gasteiger partial charge < -0.3 is 9.47 Å². The molecule has 4 rings (SSSR count). The van der Waals surface area contributed by atoms with Gasteiger partial charge in [-0.2, -0.15) is 28.7 Å². The van der Waals surface area contributed by atoms with Crippen LogP contribution in [0.1, 0.15) is 35.8 Å². The van der Waals surface area contributed by atoms with Crippen LogP contribution < -0.4 is 4.74 Å². The van der Waals surface area contributed by atoms with Gasteiger partial charge in [0, 0.05) is 6.20 Å². The fourth-order valence-electron chi connectivity index (χ4n) is 3.08. The van der Waals surface area contributed by atoms with E-state index in [-0.39, 0.29) is 25.5 Å². The van der Waals surface area contributed by atoms with Crippen LogP contribution in [0.5, 0.6) is 5.88 Å². The van der Waals surface area contributed by atoms with Gasteiger partial charge in [0.2, 0.25) is 5.88 Å². The number of carbonyl (C=O) groups excluding carboxylic acids is 1. The molecule has 10 heteroatoms. The van der Waals surface area contributed by atoms with E-state index in [9.17, 15) is 4.79 Å². The van der Waals surface area contributed by atoms with Gasteiger partial charge in [-0.1, -0.05) is 30.3 Å². The zero-order valence-corrected chi connectivity index (χ0v) is 17.8. The van der Waals surface area contributed by atoms with Crippen molar-refractivity contribution in [2.75, 3.05) is 13.7 Å². The van der Waals surface area contributed by atoms with Crippen LogP contribution in [-0.4, -0.2) is 49.2 Å². The maximum absolute atomic E-state index is 11.9. The van der Waals surface area contributed by atoms with Crippen LogP contribution in [0.2, 0.25) is 0 Å². The van der Waals surface area contributed by atoms with Crippen molar-refractivity contribution in [2.45, 2.75) is 19.9 Å². The third kappa shape index (κ3) is 3.86. The summed E-state index contributed by atoms with van der Waals surface area (Å²) in [6.07, 6.45) is 4.60. The second-order valence-electron chi connectivity index (χ2n) is 6.34. The number of carbonyl (C=O) groups is 1. The standard InChI is InChI=1S/C20H20N6O3.H2S/c1-4-29-19(27)15-10-21-25(12-15)20-23-16-11-22-26(17(16)18(24-20)28-3)13(2)14-8-6-5-7-9-14;/h5-13H,4H2,1-3H3;1H2/t13-;/m0./s1. The van der Waals surface area contributed by atoms with Crippen molar-refractivity contribution in [1.29, 1.82) is 0 Å². The second-order valence-corrected chi connectivity index (χ2v) is 6.34. The molecule has 3 heterocycles. The molecule has 4 aromatic rings. The average Bonchev–Trinajstić information content (AvgIpc) is 3.41. The molecule has 0 radical (unpaired) electrons. The lowest BCUT2D eigenvalue weighted by Crippen LogP contribution is -2.10. The highest BCUT2D eigenvalue weighted by Crippen LogP contribution is 2.28. The van der Waals surface area contributed by atoms with E-state index >= 15 is 0 Å². The summed E-state index contributed by atoms with van der Waals surface area (Å²) < 4.78 is 13.8. The van der Waals surface area contributed by atoms with Gasteiger partial charge in [-0.3, -0.25) is 4.68 Å². The van der Waals surface area contributed by atoms with Crippen molar-refractivity contribution in [1.82, 2.24) is 29.5 Å². The monoisotopic (exact) mass is 426 g/mol. The lowest BCUT2D eigenvalue weighted by Gasteiger charge is -2.15. The summed E-state index contributed by atoms with van der Waals surface area (Å²) in [7, 11) is 1.54. The number of nitrogens with zero attached hydrogens (tertiary/aromatic N) is 6. The summed E-state index contributed by atoms with van der Waals surface area (Å²) in [5.41, 5.74) is 2.73. The van der Waals surface area contributed by atoms with Gasteiger partial charge in [0.1, 0.15) is 11.0 Å². The molecule has 0 fully saturated rings. The SMILES string of the molecule is CCOC(=O)c1cnn(-c2nc(OC)c3c(cnn3[C@@H](C)c3ccccc3)n2)c1.S. The zero-order chi connectivity index (χ0) is 20.4. The fourth-order valence-corrected chi connectivity index (χ4v) is 3.08. The van der Waals surface area contributed by atoms with Crippen molar-refractivity contribution in [2.24, 2.45) is 0 Å². The molecule has 0 bridgehead atoms. The van der Waals surface area contributed by atoms with Gasteiger partial charge in [0.05, 0.1) is 37.7 Å². The summed E-state index contributed by atoms with van der Waals surface area (Å²) in [6, 6.07) is 10.0. The number of methoxy groups -OCH3 is 1. The highest BCUT2D eigenvalue weighted by molar-refractivity contribution is 7.59. The van der Waals surface area contributed by atoms with Gasteiger partial charge in [0.25, 0.3) is 5.95 Å². The van der Waals surface area contributed by atoms with Gasteiger partial charge in [-0.05, 0) is 19.4 Å². The summed E-state index contributed by atoms with van der Waals surface area (Å²) in [5, 5.41) is 8.67. The maximum Gasteiger partial charge on any atom is 0.341 e. The number of rotatable bonds is 6. The van der Waals surface area contributed by atoms with Crippen molar-refractivity contribution < 1.29 is 14.3 Å². The molecule has 0 N–H and O–H groups in total. The second kappa shape index (κ2) is 8.95. The summed E-state index contributed by atoms with van der Waals surface area (Å²) >= 11 is 0. The molecule has 156 valence electrons. The Bertz CT molecular complexity index is 1160. The zero-order valence-electron chi connectivity index (χ0n) is 16.8. The minimum atomic E-state index is -0.448. The van der Waals surface area contributed by atoms with Crippen LogP contribution in [0.25, 0.3) is 17.0 Å². The largest absolute Gasteiger partial charge is 0.479 e. The van der Waals surface area contributed by atoms with Crippen molar-refractivity contribution in [3.05, 3.63) is 60.0 Å². The molecule has 0 saturated heterocycles. The van der Waals surface area contributed by atoms with E-state index in [4.69, 9.17) is 9.47 Å². The lowest BCUT2D eigenvalue weighted by atomic mass is 10.1. The molecular weight excluding hydrogens is 404 g/mol. The molecule has 0 unspecified atom stereocenters. The first-order valence-electron chi connectivity index (χ1n) is 9.18. The molecule has 0 aliphatic rings. The number of hydrogen-bond donors (Lipinski definition) is 0. The number of ether oxygens (including phenoxy) is 2. The maximum atomic E-state index is 11.9. The van der Waals surface area contributed by atoms with E-state index in [1.165, 1.54) is 17.1 Å². The van der Waals surface area contributed by atoms with Crippen LogP contribution in [-0.2, 0) is 4.74 Å². The van der Waals surface area contributed by atoms with Crippen molar-refractivity contribution >= 4 is 30.5 Å². The van der Waals surface area contributed by atoms with Crippen molar-refractivity contribution in [3.63, 3.8) is 0 Å². The van der Waals surface area contributed by atoms with Gasteiger partial charge in [-0.15, -0.1) is 0 Å². The molecule has 0 spiro atoms. The third-order valence-electron chi connectivity index (χ3n) is 4.54.